The van der Waals surface area contributed by atoms with Crippen LogP contribution in [-0.4, -0.2) is 6.72 Å². The van der Waals surface area contributed by atoms with E-state index < -0.39 is 0 Å². The fraction of sp³-hybridized carbons (Fsp3) is 0.100. The van der Waals surface area contributed by atoms with Crippen molar-refractivity contribution in [3.05, 3.63) is 42.6 Å². The van der Waals surface area contributed by atoms with Gasteiger partial charge >= 0.3 is 0 Å². The summed E-state index contributed by atoms with van der Waals surface area (Å²) in [5.41, 5.74) is 2.21. The molecule has 0 radical (unpaired) electrons. The van der Waals surface area contributed by atoms with E-state index in [1.165, 1.54) is 5.56 Å². The topological polar surface area (TPSA) is 15.6 Å². The third-order valence-corrected chi connectivity index (χ3v) is 1.62. The number of hydrogen-bond acceptors (Lipinski definition) is 2. The molecule has 0 saturated carbocycles. The summed E-state index contributed by atoms with van der Waals surface area (Å²) >= 11 is 0. The lowest BCUT2D eigenvalue weighted by Crippen LogP contribution is -2.04. The van der Waals surface area contributed by atoms with Crippen LogP contribution in [-0.2, 0) is 0 Å². The molecular formula is C10H12N2. The Balaban J connectivity index is 2.94. The lowest BCUT2D eigenvalue weighted by atomic mass is 10.2. The summed E-state index contributed by atoms with van der Waals surface area (Å²) in [5, 5.41) is 5.40. The van der Waals surface area contributed by atoms with Gasteiger partial charge in [-0.15, -0.1) is 0 Å². The second-order valence-corrected chi connectivity index (χ2v) is 2.50. The van der Waals surface area contributed by atoms with E-state index in [1.807, 2.05) is 31.2 Å². The lowest BCUT2D eigenvalue weighted by Gasteiger charge is -2.12. The molecule has 1 aromatic carbocycles. The number of aryl methyl sites for hydroxylation is 1. The van der Waals surface area contributed by atoms with Crippen LogP contribution in [0, 0.1) is 6.92 Å². The van der Waals surface area contributed by atoms with Crippen LogP contribution < -0.4 is 5.01 Å². The van der Waals surface area contributed by atoms with Crippen molar-refractivity contribution in [1.82, 2.24) is 0 Å². The molecule has 0 aliphatic heterocycles. The highest BCUT2D eigenvalue weighted by molar-refractivity contribution is 5.50. The van der Waals surface area contributed by atoms with E-state index in [1.54, 1.807) is 11.2 Å². The standard InChI is InChI=1S/C10H12N2/c1-4-12(11-3)10-7-5-9(2)6-8-10/h4-8H,1,3H2,2H3. The molecule has 0 unspecified atom stereocenters. The Morgan fingerprint density at radius 1 is 1.33 bits per heavy atom. The Hall–Kier alpha value is -1.57. The van der Waals surface area contributed by atoms with Crippen molar-refractivity contribution in [2.24, 2.45) is 5.10 Å². The lowest BCUT2D eigenvalue weighted by molar-refractivity contribution is 1.09. The number of nitrogens with zero attached hydrogens (tertiary/aromatic N) is 2. The predicted molar refractivity (Wildman–Crippen MR) is 53.4 cm³/mol. The second kappa shape index (κ2) is 3.72. The van der Waals surface area contributed by atoms with Crippen LogP contribution in [0.2, 0.25) is 0 Å². The average Bonchev–Trinajstić information content (AvgIpc) is 2.10. The van der Waals surface area contributed by atoms with E-state index in [4.69, 9.17) is 0 Å². The third-order valence-electron chi connectivity index (χ3n) is 1.62. The quantitative estimate of drug-likeness (QED) is 0.490. The summed E-state index contributed by atoms with van der Waals surface area (Å²) in [6.07, 6.45) is 1.62. The van der Waals surface area contributed by atoms with Crippen molar-refractivity contribution in [1.29, 1.82) is 0 Å². The Bertz CT molecular complexity index is 266. The SMILES string of the molecule is C=CN(N=C)c1ccc(C)cc1. The molecule has 0 N–H and O–H groups in total. The molecule has 2 nitrogen and oxygen atoms in total. The number of benzene rings is 1. The van der Waals surface area contributed by atoms with Gasteiger partial charge in [-0.25, -0.2) is 5.01 Å². The fourth-order valence-electron chi connectivity index (χ4n) is 0.942. The van der Waals surface area contributed by atoms with E-state index >= 15 is 0 Å². The van der Waals surface area contributed by atoms with Gasteiger partial charge in [0.05, 0.1) is 5.69 Å². The van der Waals surface area contributed by atoms with Gasteiger partial charge in [0.15, 0.2) is 0 Å². The Kier molecular flexibility index (Phi) is 2.64. The van der Waals surface area contributed by atoms with Gasteiger partial charge < -0.3 is 0 Å². The van der Waals surface area contributed by atoms with Crippen molar-refractivity contribution in [3.63, 3.8) is 0 Å². The van der Waals surface area contributed by atoms with Crippen LogP contribution in [0.1, 0.15) is 5.56 Å². The molecule has 1 aromatic rings. The van der Waals surface area contributed by atoms with Crippen LogP contribution in [0.15, 0.2) is 42.1 Å². The van der Waals surface area contributed by atoms with Crippen molar-refractivity contribution >= 4 is 12.4 Å². The molecule has 62 valence electrons. The maximum atomic E-state index is 3.77. The Morgan fingerprint density at radius 2 is 1.92 bits per heavy atom. The van der Waals surface area contributed by atoms with Gasteiger partial charge in [0.25, 0.3) is 0 Å². The van der Waals surface area contributed by atoms with Gasteiger partial charge in [0.2, 0.25) is 0 Å². The summed E-state index contributed by atoms with van der Waals surface area (Å²) in [7, 11) is 0. The van der Waals surface area contributed by atoms with Crippen LogP contribution in [0.5, 0.6) is 0 Å². The molecule has 0 aliphatic rings. The summed E-state index contributed by atoms with van der Waals surface area (Å²) in [6.45, 7) is 9.10. The first-order valence-corrected chi connectivity index (χ1v) is 3.73. The monoisotopic (exact) mass is 160 g/mol. The number of hydrogen-bond donors (Lipinski definition) is 0. The summed E-state index contributed by atoms with van der Waals surface area (Å²) in [6, 6.07) is 8.01. The number of anilines is 1. The van der Waals surface area contributed by atoms with E-state index in [-0.39, 0.29) is 0 Å². The van der Waals surface area contributed by atoms with Gasteiger partial charge in [-0.1, -0.05) is 24.3 Å². The molecular weight excluding hydrogens is 148 g/mol. The van der Waals surface area contributed by atoms with E-state index in [0.717, 1.165) is 5.69 Å². The molecule has 0 atom stereocenters. The van der Waals surface area contributed by atoms with Crippen LogP contribution in [0.25, 0.3) is 0 Å². The van der Waals surface area contributed by atoms with E-state index in [2.05, 4.69) is 18.4 Å². The zero-order valence-corrected chi connectivity index (χ0v) is 7.20. The predicted octanol–water partition coefficient (Wildman–Crippen LogP) is 2.56. The molecule has 12 heavy (non-hydrogen) atoms. The maximum absolute atomic E-state index is 3.77. The minimum absolute atomic E-state index is 0.977. The summed E-state index contributed by atoms with van der Waals surface area (Å²) in [5.74, 6) is 0. The summed E-state index contributed by atoms with van der Waals surface area (Å²) in [4.78, 5) is 0. The van der Waals surface area contributed by atoms with Crippen LogP contribution in [0.3, 0.4) is 0 Å². The summed E-state index contributed by atoms with van der Waals surface area (Å²) < 4.78 is 0. The molecule has 0 bridgehead atoms. The molecule has 0 heterocycles. The normalized spacial score (nSPS) is 9.08. The zero-order chi connectivity index (χ0) is 8.97. The minimum Gasteiger partial charge on any atom is -0.242 e. The molecule has 0 saturated heterocycles. The molecule has 0 aliphatic carbocycles. The smallest absolute Gasteiger partial charge is 0.0645 e. The molecule has 0 spiro atoms. The third kappa shape index (κ3) is 1.72. The van der Waals surface area contributed by atoms with Crippen molar-refractivity contribution in [2.45, 2.75) is 6.92 Å². The molecule has 2 heteroatoms. The molecule has 1 rings (SSSR count). The molecule has 0 amide bonds. The highest BCUT2D eigenvalue weighted by atomic mass is 15.4. The highest BCUT2D eigenvalue weighted by Gasteiger charge is 1.96. The van der Waals surface area contributed by atoms with Gasteiger partial charge in [-0.3, -0.25) is 0 Å². The van der Waals surface area contributed by atoms with Crippen molar-refractivity contribution in [2.75, 3.05) is 5.01 Å². The average molecular weight is 160 g/mol. The van der Waals surface area contributed by atoms with Gasteiger partial charge in [-0.05, 0) is 19.1 Å². The number of hydrazone groups is 1. The Labute approximate surface area is 72.8 Å². The fourth-order valence-corrected chi connectivity index (χ4v) is 0.942. The molecule has 0 aromatic heterocycles. The van der Waals surface area contributed by atoms with E-state index in [9.17, 15) is 0 Å². The van der Waals surface area contributed by atoms with Crippen LogP contribution >= 0.6 is 0 Å². The molecule has 0 fully saturated rings. The minimum atomic E-state index is 0.977. The maximum Gasteiger partial charge on any atom is 0.0645 e. The Morgan fingerprint density at radius 3 is 2.33 bits per heavy atom. The van der Waals surface area contributed by atoms with Crippen molar-refractivity contribution < 1.29 is 0 Å². The first-order chi connectivity index (χ1) is 5.77. The highest BCUT2D eigenvalue weighted by Crippen LogP contribution is 2.14. The van der Waals surface area contributed by atoms with Crippen LogP contribution in [0.4, 0.5) is 5.69 Å². The van der Waals surface area contributed by atoms with Gasteiger partial charge in [0.1, 0.15) is 0 Å². The first kappa shape index (κ1) is 8.53. The largest absolute Gasteiger partial charge is 0.242 e. The zero-order valence-electron chi connectivity index (χ0n) is 7.20. The first-order valence-electron chi connectivity index (χ1n) is 3.73. The van der Waals surface area contributed by atoms with E-state index in [0.29, 0.717) is 0 Å². The number of rotatable bonds is 3. The van der Waals surface area contributed by atoms with Gasteiger partial charge in [0, 0.05) is 12.9 Å². The second-order valence-electron chi connectivity index (χ2n) is 2.50. The van der Waals surface area contributed by atoms with Gasteiger partial charge in [-0.2, -0.15) is 5.10 Å². The van der Waals surface area contributed by atoms with Crippen molar-refractivity contribution in [3.8, 4) is 0 Å².